The second-order valence-electron chi connectivity index (χ2n) is 7.29. The molecule has 4 rings (SSSR count). The maximum absolute atomic E-state index is 12.6. The van der Waals surface area contributed by atoms with Gasteiger partial charge in [-0.2, -0.15) is 5.26 Å². The SMILES string of the molecule is N#CC1CC(=O)N(c2ccc3c(c2)CCC3O)C1COCc1ccc(C(=O)O)o1. The Bertz CT molecular complexity index is 991. The molecule has 2 N–H and O–H groups in total. The van der Waals surface area contributed by atoms with Crippen LogP contribution >= 0.6 is 0 Å². The van der Waals surface area contributed by atoms with Crippen LogP contribution in [0.25, 0.3) is 0 Å². The number of amides is 1. The molecule has 0 bridgehead atoms. The number of aliphatic hydroxyl groups excluding tert-OH is 1. The van der Waals surface area contributed by atoms with Crippen LogP contribution in [0, 0.1) is 17.2 Å². The zero-order valence-corrected chi connectivity index (χ0v) is 15.6. The van der Waals surface area contributed by atoms with E-state index in [1.807, 2.05) is 12.1 Å². The Kier molecular flexibility index (Phi) is 5.09. The molecule has 1 amide bonds. The second-order valence-corrected chi connectivity index (χ2v) is 7.29. The number of aromatic carboxylic acids is 1. The Morgan fingerprint density at radius 1 is 1.34 bits per heavy atom. The normalized spacial score (nSPS) is 23.2. The molecule has 2 aromatic rings. The number of aliphatic hydroxyl groups is 1. The smallest absolute Gasteiger partial charge is 0.371 e. The molecule has 2 heterocycles. The molecule has 8 heteroatoms. The molecule has 1 fully saturated rings. The minimum atomic E-state index is -1.16. The zero-order valence-electron chi connectivity index (χ0n) is 15.6. The molecule has 0 spiro atoms. The van der Waals surface area contributed by atoms with E-state index in [1.165, 1.54) is 12.1 Å². The fourth-order valence-electron chi connectivity index (χ4n) is 4.03. The predicted molar refractivity (Wildman–Crippen MR) is 100 cm³/mol. The minimum absolute atomic E-state index is 0.0420. The Hall–Kier alpha value is -3.15. The second kappa shape index (κ2) is 7.70. The molecular formula is C21H20N2O6. The molecule has 29 heavy (non-hydrogen) atoms. The first kappa shape index (κ1) is 19.2. The fourth-order valence-corrected chi connectivity index (χ4v) is 4.03. The standard InChI is InChI=1S/C21H20N2O6/c22-9-13-8-20(25)23(14-2-4-16-12(7-14)1-5-18(16)24)17(13)11-28-10-15-3-6-19(29-15)21(26)27/h2-4,6-7,13,17-18,24H,1,5,8,10-11H2,(H,26,27). The average molecular weight is 396 g/mol. The van der Waals surface area contributed by atoms with Crippen LogP contribution in [-0.2, 0) is 22.6 Å². The zero-order chi connectivity index (χ0) is 20.5. The summed E-state index contributed by atoms with van der Waals surface area (Å²) in [5.74, 6) is -1.62. The van der Waals surface area contributed by atoms with E-state index in [-0.39, 0.29) is 31.3 Å². The lowest BCUT2D eigenvalue weighted by Gasteiger charge is -2.26. The monoisotopic (exact) mass is 396 g/mol. The molecule has 1 saturated heterocycles. The van der Waals surface area contributed by atoms with E-state index < -0.39 is 24.0 Å². The van der Waals surface area contributed by atoms with Gasteiger partial charge in [-0.25, -0.2) is 4.79 Å². The van der Waals surface area contributed by atoms with E-state index in [0.717, 1.165) is 17.5 Å². The van der Waals surface area contributed by atoms with Gasteiger partial charge in [-0.05, 0) is 48.2 Å². The number of anilines is 1. The van der Waals surface area contributed by atoms with Crippen molar-refractivity contribution in [3.63, 3.8) is 0 Å². The highest BCUT2D eigenvalue weighted by Crippen LogP contribution is 2.37. The quantitative estimate of drug-likeness (QED) is 0.768. The Labute approximate surface area is 166 Å². The van der Waals surface area contributed by atoms with Gasteiger partial charge in [0.1, 0.15) is 12.4 Å². The van der Waals surface area contributed by atoms with Crippen molar-refractivity contribution in [3.05, 3.63) is 53.0 Å². The summed E-state index contributed by atoms with van der Waals surface area (Å²) in [5, 5.41) is 28.4. The largest absolute Gasteiger partial charge is 0.475 e. The van der Waals surface area contributed by atoms with Gasteiger partial charge < -0.3 is 24.3 Å². The first-order chi connectivity index (χ1) is 14.0. The lowest BCUT2D eigenvalue weighted by Crippen LogP contribution is -2.38. The van der Waals surface area contributed by atoms with Crippen LogP contribution in [0.2, 0.25) is 0 Å². The van der Waals surface area contributed by atoms with Gasteiger partial charge in [0.2, 0.25) is 11.7 Å². The summed E-state index contributed by atoms with van der Waals surface area (Å²) in [6.45, 7) is 0.160. The number of fused-ring (bicyclic) bond motifs is 1. The van der Waals surface area contributed by atoms with E-state index in [1.54, 1.807) is 11.0 Å². The molecule has 8 nitrogen and oxygen atoms in total. The Balaban J connectivity index is 1.49. The number of hydrogen-bond acceptors (Lipinski definition) is 6. The molecule has 0 radical (unpaired) electrons. The third-order valence-corrected chi connectivity index (χ3v) is 5.48. The van der Waals surface area contributed by atoms with Crippen molar-refractivity contribution in [1.82, 2.24) is 0 Å². The van der Waals surface area contributed by atoms with Gasteiger partial charge in [0, 0.05) is 12.1 Å². The van der Waals surface area contributed by atoms with Crippen molar-refractivity contribution in [1.29, 1.82) is 5.26 Å². The number of rotatable bonds is 6. The number of ether oxygens (including phenoxy) is 1. The number of aryl methyl sites for hydroxylation is 1. The van der Waals surface area contributed by atoms with Gasteiger partial charge in [-0.3, -0.25) is 4.79 Å². The number of carboxylic acids is 1. The molecule has 150 valence electrons. The summed E-state index contributed by atoms with van der Waals surface area (Å²) in [6, 6.07) is 10.1. The van der Waals surface area contributed by atoms with Gasteiger partial charge in [-0.15, -0.1) is 0 Å². The van der Waals surface area contributed by atoms with Crippen LogP contribution in [-0.4, -0.2) is 34.7 Å². The molecule has 1 aromatic heterocycles. The number of carboxylic acid groups (broad SMARTS) is 1. The van der Waals surface area contributed by atoms with Crippen molar-refractivity contribution >= 4 is 17.6 Å². The van der Waals surface area contributed by atoms with Gasteiger partial charge in [-0.1, -0.05) is 6.07 Å². The summed E-state index contributed by atoms with van der Waals surface area (Å²) in [6.07, 6.45) is 1.07. The van der Waals surface area contributed by atoms with Crippen molar-refractivity contribution < 1.29 is 29.0 Å². The van der Waals surface area contributed by atoms with Crippen molar-refractivity contribution in [2.75, 3.05) is 11.5 Å². The number of nitriles is 1. The van der Waals surface area contributed by atoms with E-state index in [9.17, 15) is 20.0 Å². The highest BCUT2D eigenvalue weighted by atomic mass is 16.5. The third kappa shape index (κ3) is 3.62. The predicted octanol–water partition coefficient (Wildman–Crippen LogP) is 2.42. The maximum atomic E-state index is 12.6. The highest BCUT2D eigenvalue weighted by molar-refractivity contribution is 5.97. The van der Waals surface area contributed by atoms with Crippen LogP contribution in [0.3, 0.4) is 0 Å². The average Bonchev–Trinajstić information content (AvgIpc) is 3.40. The molecule has 1 aliphatic heterocycles. The highest BCUT2D eigenvalue weighted by Gasteiger charge is 2.41. The minimum Gasteiger partial charge on any atom is -0.475 e. The molecule has 1 aromatic carbocycles. The van der Waals surface area contributed by atoms with Gasteiger partial charge in [0.05, 0.1) is 30.7 Å². The summed E-state index contributed by atoms with van der Waals surface area (Å²) < 4.78 is 10.8. The summed E-state index contributed by atoms with van der Waals surface area (Å²) in [4.78, 5) is 25.1. The number of carbonyl (C=O) groups excluding carboxylic acids is 1. The third-order valence-electron chi connectivity index (χ3n) is 5.48. The van der Waals surface area contributed by atoms with E-state index in [0.29, 0.717) is 17.9 Å². The molecule has 0 saturated carbocycles. The number of hydrogen-bond donors (Lipinski definition) is 2. The van der Waals surface area contributed by atoms with Gasteiger partial charge >= 0.3 is 5.97 Å². The molecular weight excluding hydrogens is 376 g/mol. The number of carbonyl (C=O) groups is 2. The molecule has 2 aliphatic rings. The number of furan rings is 1. The van der Waals surface area contributed by atoms with E-state index in [4.69, 9.17) is 14.3 Å². The van der Waals surface area contributed by atoms with Crippen molar-refractivity contribution in [2.45, 2.75) is 38.0 Å². The van der Waals surface area contributed by atoms with Crippen LogP contribution in [0.1, 0.15) is 46.4 Å². The van der Waals surface area contributed by atoms with Crippen molar-refractivity contribution in [2.24, 2.45) is 5.92 Å². The van der Waals surface area contributed by atoms with Gasteiger partial charge in [0.15, 0.2) is 0 Å². The fraction of sp³-hybridized carbons (Fsp3) is 0.381. The lowest BCUT2D eigenvalue weighted by atomic mass is 10.0. The van der Waals surface area contributed by atoms with Crippen LogP contribution in [0.15, 0.2) is 34.7 Å². The molecule has 3 unspecified atom stereocenters. The molecule has 1 aliphatic carbocycles. The Morgan fingerprint density at radius 3 is 2.90 bits per heavy atom. The summed E-state index contributed by atoms with van der Waals surface area (Å²) in [5.41, 5.74) is 2.59. The number of benzene rings is 1. The van der Waals surface area contributed by atoms with E-state index >= 15 is 0 Å². The summed E-state index contributed by atoms with van der Waals surface area (Å²) >= 11 is 0. The molecule has 3 atom stereocenters. The van der Waals surface area contributed by atoms with Crippen LogP contribution in [0.5, 0.6) is 0 Å². The topological polar surface area (TPSA) is 124 Å². The first-order valence-corrected chi connectivity index (χ1v) is 9.40. The first-order valence-electron chi connectivity index (χ1n) is 9.40. The van der Waals surface area contributed by atoms with Gasteiger partial charge in [0.25, 0.3) is 0 Å². The van der Waals surface area contributed by atoms with Crippen molar-refractivity contribution in [3.8, 4) is 6.07 Å². The maximum Gasteiger partial charge on any atom is 0.371 e. The number of nitrogens with zero attached hydrogens (tertiary/aromatic N) is 2. The van der Waals surface area contributed by atoms with E-state index in [2.05, 4.69) is 6.07 Å². The van der Waals surface area contributed by atoms with Crippen LogP contribution in [0.4, 0.5) is 5.69 Å². The summed E-state index contributed by atoms with van der Waals surface area (Å²) in [7, 11) is 0. The Morgan fingerprint density at radius 2 is 2.17 bits per heavy atom. The van der Waals surface area contributed by atoms with Crippen LogP contribution < -0.4 is 4.90 Å². The lowest BCUT2D eigenvalue weighted by molar-refractivity contribution is -0.117.